The van der Waals surface area contributed by atoms with E-state index in [1.54, 1.807) is 18.2 Å². The number of benzene rings is 1. The van der Waals surface area contributed by atoms with Crippen LogP contribution in [0, 0.1) is 0 Å². The van der Waals surface area contributed by atoms with Crippen LogP contribution in [0.25, 0.3) is 0 Å². The van der Waals surface area contributed by atoms with E-state index >= 15 is 0 Å². The summed E-state index contributed by atoms with van der Waals surface area (Å²) in [5.41, 5.74) is 0.578. The van der Waals surface area contributed by atoms with Crippen molar-refractivity contribution in [3.05, 3.63) is 37.2 Å². The molecule has 0 saturated carbocycles. The lowest BCUT2D eigenvalue weighted by Gasteiger charge is -2.03. The maximum Gasteiger partial charge on any atom is 0.286 e. The quantitative estimate of drug-likeness (QED) is 0.892. The lowest BCUT2D eigenvalue weighted by molar-refractivity contribution is 0.102. The molecule has 88 valence electrons. The van der Waals surface area contributed by atoms with Gasteiger partial charge in [-0.15, -0.1) is 10.2 Å². The molecule has 17 heavy (non-hydrogen) atoms. The van der Waals surface area contributed by atoms with Crippen LogP contribution in [0.1, 0.15) is 9.80 Å². The van der Waals surface area contributed by atoms with Crippen LogP contribution < -0.4 is 5.32 Å². The second-order valence-electron chi connectivity index (χ2n) is 2.94. The van der Waals surface area contributed by atoms with Crippen LogP contribution in [0.2, 0.25) is 9.49 Å². The fraction of sp³-hybridized carbons (Fsp3) is 0. The van der Waals surface area contributed by atoms with Gasteiger partial charge in [-0.1, -0.05) is 22.9 Å². The summed E-state index contributed by atoms with van der Waals surface area (Å²) in [5.74, 6) is -0.368. The Balaban J connectivity index is 2.15. The first-order chi connectivity index (χ1) is 8.06. The lowest BCUT2D eigenvalue weighted by Crippen LogP contribution is -2.11. The normalized spacial score (nSPS) is 10.3. The fourth-order valence-electron chi connectivity index (χ4n) is 1.06. The molecule has 0 bridgehead atoms. The SMILES string of the molecule is O=C(Nc1ccc(Br)c(Cl)c1)c1nnc(Cl)s1. The number of anilines is 1. The Bertz CT molecular complexity index is 575. The van der Waals surface area contributed by atoms with Crippen LogP contribution in [0.4, 0.5) is 5.69 Å². The van der Waals surface area contributed by atoms with Crippen molar-refractivity contribution in [2.24, 2.45) is 0 Å². The number of nitrogens with zero attached hydrogens (tertiary/aromatic N) is 2. The number of hydrogen-bond acceptors (Lipinski definition) is 4. The third-order valence-electron chi connectivity index (χ3n) is 1.77. The molecule has 0 spiro atoms. The van der Waals surface area contributed by atoms with Crippen molar-refractivity contribution in [2.45, 2.75) is 0 Å². The molecule has 0 radical (unpaired) electrons. The van der Waals surface area contributed by atoms with Gasteiger partial charge in [0.15, 0.2) is 0 Å². The molecule has 0 atom stereocenters. The van der Waals surface area contributed by atoms with E-state index in [0.29, 0.717) is 10.7 Å². The van der Waals surface area contributed by atoms with E-state index in [1.807, 2.05) is 0 Å². The van der Waals surface area contributed by atoms with Gasteiger partial charge in [0.05, 0.1) is 5.02 Å². The van der Waals surface area contributed by atoms with Crippen molar-refractivity contribution < 1.29 is 4.79 Å². The van der Waals surface area contributed by atoms with Crippen molar-refractivity contribution in [1.82, 2.24) is 10.2 Å². The molecular formula is C9H4BrCl2N3OS. The number of amides is 1. The van der Waals surface area contributed by atoms with E-state index < -0.39 is 0 Å². The van der Waals surface area contributed by atoms with Gasteiger partial charge in [-0.2, -0.15) is 0 Å². The van der Waals surface area contributed by atoms with Crippen molar-refractivity contribution in [2.75, 3.05) is 5.32 Å². The number of nitrogens with one attached hydrogen (secondary N) is 1. The average molecular weight is 353 g/mol. The summed E-state index contributed by atoms with van der Waals surface area (Å²) in [5, 5.41) is 10.5. The molecule has 2 rings (SSSR count). The molecule has 1 amide bonds. The van der Waals surface area contributed by atoms with E-state index in [0.717, 1.165) is 15.8 Å². The summed E-state index contributed by atoms with van der Waals surface area (Å²) < 4.78 is 0.986. The molecule has 1 aromatic carbocycles. The molecule has 0 saturated heterocycles. The largest absolute Gasteiger partial charge is 0.320 e. The molecule has 0 aliphatic carbocycles. The van der Waals surface area contributed by atoms with E-state index in [1.165, 1.54) is 0 Å². The molecule has 0 fully saturated rings. The average Bonchev–Trinajstić information content (AvgIpc) is 2.70. The zero-order chi connectivity index (χ0) is 12.4. The number of halogens is 3. The Morgan fingerprint density at radius 3 is 2.71 bits per heavy atom. The summed E-state index contributed by atoms with van der Waals surface area (Å²) in [7, 11) is 0. The Morgan fingerprint density at radius 2 is 2.12 bits per heavy atom. The van der Waals surface area contributed by atoms with Gasteiger partial charge in [0.2, 0.25) is 9.47 Å². The van der Waals surface area contributed by atoms with Crippen LogP contribution in [0.3, 0.4) is 0 Å². The van der Waals surface area contributed by atoms with Gasteiger partial charge >= 0.3 is 0 Å². The summed E-state index contributed by atoms with van der Waals surface area (Å²) >= 11 is 15.8. The Kier molecular flexibility index (Phi) is 3.98. The number of rotatable bonds is 2. The molecule has 2 aromatic rings. The highest BCUT2D eigenvalue weighted by Gasteiger charge is 2.12. The van der Waals surface area contributed by atoms with Gasteiger partial charge in [0, 0.05) is 10.2 Å². The molecule has 8 heteroatoms. The van der Waals surface area contributed by atoms with Crippen molar-refractivity contribution in [3.63, 3.8) is 0 Å². The number of carbonyl (C=O) groups is 1. The Hall–Kier alpha value is -0.690. The molecule has 1 N–H and O–H groups in total. The smallest absolute Gasteiger partial charge is 0.286 e. The number of hydrogen-bond donors (Lipinski definition) is 1. The second-order valence-corrected chi connectivity index (χ2v) is 5.76. The van der Waals surface area contributed by atoms with Crippen molar-refractivity contribution in [1.29, 1.82) is 0 Å². The highest BCUT2D eigenvalue weighted by molar-refractivity contribution is 9.10. The number of carbonyl (C=O) groups excluding carboxylic acids is 1. The van der Waals surface area contributed by atoms with Crippen LogP contribution in [0.15, 0.2) is 22.7 Å². The van der Waals surface area contributed by atoms with Gasteiger partial charge in [0.25, 0.3) is 5.91 Å². The van der Waals surface area contributed by atoms with Gasteiger partial charge in [0.1, 0.15) is 0 Å². The van der Waals surface area contributed by atoms with E-state index in [-0.39, 0.29) is 15.4 Å². The van der Waals surface area contributed by atoms with Gasteiger partial charge in [-0.25, -0.2) is 0 Å². The zero-order valence-corrected chi connectivity index (χ0v) is 12.0. The monoisotopic (exact) mass is 351 g/mol. The van der Waals surface area contributed by atoms with E-state index in [9.17, 15) is 4.79 Å². The molecule has 1 heterocycles. The topological polar surface area (TPSA) is 54.9 Å². The predicted octanol–water partition coefficient (Wildman–Crippen LogP) is 3.86. The summed E-state index contributed by atoms with van der Waals surface area (Å²) in [6.07, 6.45) is 0. The minimum atomic E-state index is -0.368. The van der Waals surface area contributed by atoms with E-state index in [2.05, 4.69) is 31.4 Å². The molecular weight excluding hydrogens is 349 g/mol. The van der Waals surface area contributed by atoms with Crippen LogP contribution in [-0.4, -0.2) is 16.1 Å². The fourth-order valence-corrected chi connectivity index (χ4v) is 2.21. The third kappa shape index (κ3) is 3.16. The Labute approximate surface area is 119 Å². The first-order valence-corrected chi connectivity index (χ1v) is 6.68. The number of aromatic nitrogens is 2. The third-order valence-corrected chi connectivity index (χ3v) is 4.02. The molecule has 4 nitrogen and oxygen atoms in total. The van der Waals surface area contributed by atoms with Crippen LogP contribution >= 0.6 is 50.5 Å². The lowest BCUT2D eigenvalue weighted by atomic mass is 10.3. The maximum atomic E-state index is 11.7. The summed E-state index contributed by atoms with van der Waals surface area (Å²) in [6.45, 7) is 0. The van der Waals surface area contributed by atoms with Gasteiger partial charge in [-0.05, 0) is 45.7 Å². The van der Waals surface area contributed by atoms with Gasteiger partial charge < -0.3 is 5.32 Å². The van der Waals surface area contributed by atoms with Crippen LogP contribution in [-0.2, 0) is 0 Å². The molecule has 1 aromatic heterocycles. The second kappa shape index (κ2) is 5.30. The maximum absolute atomic E-state index is 11.7. The van der Waals surface area contributed by atoms with E-state index in [4.69, 9.17) is 23.2 Å². The highest BCUT2D eigenvalue weighted by Crippen LogP contribution is 2.26. The molecule has 0 unspecified atom stereocenters. The molecule has 0 aliphatic rings. The zero-order valence-electron chi connectivity index (χ0n) is 8.08. The predicted molar refractivity (Wildman–Crippen MR) is 72.0 cm³/mol. The minimum Gasteiger partial charge on any atom is -0.320 e. The molecule has 0 aliphatic heterocycles. The first-order valence-electron chi connectivity index (χ1n) is 4.31. The van der Waals surface area contributed by atoms with Crippen LogP contribution in [0.5, 0.6) is 0 Å². The highest BCUT2D eigenvalue weighted by atomic mass is 79.9. The van der Waals surface area contributed by atoms with Crippen molar-refractivity contribution in [3.8, 4) is 0 Å². The van der Waals surface area contributed by atoms with Crippen molar-refractivity contribution >= 4 is 62.1 Å². The Morgan fingerprint density at radius 1 is 1.35 bits per heavy atom. The standard InChI is InChI=1S/C9H4BrCl2N3OS/c10-5-2-1-4(3-6(5)11)13-7(16)8-14-15-9(12)17-8/h1-3H,(H,13,16). The minimum absolute atomic E-state index is 0.203. The summed E-state index contributed by atoms with van der Waals surface area (Å²) in [6, 6.07) is 5.09. The first kappa shape index (κ1) is 12.8. The summed E-state index contributed by atoms with van der Waals surface area (Å²) in [4.78, 5) is 11.7. The van der Waals surface area contributed by atoms with Gasteiger partial charge in [-0.3, -0.25) is 4.79 Å².